The number of hydrogen-bond acceptors (Lipinski definition) is 3. The molecule has 0 aliphatic carbocycles. The Morgan fingerprint density at radius 1 is 1.47 bits per heavy atom. The monoisotopic (exact) mass is 281 g/mol. The number of amides is 1. The molecule has 0 radical (unpaired) electrons. The van der Waals surface area contributed by atoms with Crippen molar-refractivity contribution in [2.45, 2.75) is 20.3 Å². The lowest BCUT2D eigenvalue weighted by atomic mass is 10.1. The van der Waals surface area contributed by atoms with Gasteiger partial charge in [-0.1, -0.05) is 26.1 Å². The molecule has 0 aliphatic rings. The highest BCUT2D eigenvalue weighted by atomic mass is 32.1. The maximum absolute atomic E-state index is 12.3. The second-order valence-corrected chi connectivity index (χ2v) is 5.33. The number of aromatic nitrogens is 1. The zero-order valence-electron chi connectivity index (χ0n) is 11.2. The summed E-state index contributed by atoms with van der Waals surface area (Å²) in [5, 5.41) is 0. The number of nitrogens with one attached hydrogen (secondary N) is 1. The quantitative estimate of drug-likeness (QED) is 0.767. The van der Waals surface area contributed by atoms with Gasteiger partial charge in [0.15, 0.2) is 0 Å². The highest BCUT2D eigenvalue weighted by molar-refractivity contribution is 7.80. The molecule has 0 fully saturated rings. The van der Waals surface area contributed by atoms with Gasteiger partial charge in [-0.3, -0.25) is 9.59 Å². The van der Waals surface area contributed by atoms with Crippen LogP contribution < -0.4 is 11.3 Å². The van der Waals surface area contributed by atoms with E-state index in [9.17, 15) is 9.59 Å². The Morgan fingerprint density at radius 2 is 2.16 bits per heavy atom. The van der Waals surface area contributed by atoms with Crippen LogP contribution in [0.1, 0.15) is 30.6 Å². The Labute approximate surface area is 117 Å². The largest absolute Gasteiger partial charge is 0.393 e. The summed E-state index contributed by atoms with van der Waals surface area (Å²) in [6, 6.07) is 2.86. The third-order valence-electron chi connectivity index (χ3n) is 2.53. The molecule has 0 spiro atoms. The van der Waals surface area contributed by atoms with Crippen LogP contribution >= 0.6 is 12.2 Å². The van der Waals surface area contributed by atoms with Crippen molar-refractivity contribution >= 4 is 23.1 Å². The molecule has 0 unspecified atom stereocenters. The molecule has 5 nitrogen and oxygen atoms in total. The van der Waals surface area contributed by atoms with Crippen molar-refractivity contribution in [3.05, 3.63) is 34.2 Å². The lowest BCUT2D eigenvalue weighted by Crippen LogP contribution is -2.36. The van der Waals surface area contributed by atoms with Crippen LogP contribution in [0.4, 0.5) is 0 Å². The van der Waals surface area contributed by atoms with Gasteiger partial charge >= 0.3 is 0 Å². The summed E-state index contributed by atoms with van der Waals surface area (Å²) in [6.45, 7) is 5.19. The van der Waals surface area contributed by atoms with Crippen molar-refractivity contribution in [2.24, 2.45) is 11.7 Å². The smallest absolute Gasteiger partial charge is 0.255 e. The summed E-state index contributed by atoms with van der Waals surface area (Å²) in [6.07, 6.45) is 1.93. The fourth-order valence-corrected chi connectivity index (χ4v) is 1.78. The Balaban J connectivity index is 2.83. The minimum Gasteiger partial charge on any atom is -0.393 e. The lowest BCUT2D eigenvalue weighted by molar-refractivity contribution is 0.0740. The van der Waals surface area contributed by atoms with Crippen molar-refractivity contribution in [2.75, 3.05) is 13.1 Å². The van der Waals surface area contributed by atoms with Gasteiger partial charge in [-0.2, -0.15) is 0 Å². The molecule has 0 saturated heterocycles. The lowest BCUT2D eigenvalue weighted by Gasteiger charge is -2.24. The van der Waals surface area contributed by atoms with Crippen molar-refractivity contribution in [1.82, 2.24) is 9.88 Å². The average molecular weight is 281 g/mol. The van der Waals surface area contributed by atoms with E-state index in [2.05, 4.69) is 4.98 Å². The topological polar surface area (TPSA) is 79.2 Å². The molecule has 1 amide bonds. The van der Waals surface area contributed by atoms with Crippen LogP contribution in [0.5, 0.6) is 0 Å². The minimum absolute atomic E-state index is 0.124. The van der Waals surface area contributed by atoms with Crippen molar-refractivity contribution in [3.63, 3.8) is 0 Å². The summed E-state index contributed by atoms with van der Waals surface area (Å²) in [4.78, 5) is 27.9. The first kappa shape index (κ1) is 15.4. The number of pyridine rings is 1. The summed E-state index contributed by atoms with van der Waals surface area (Å²) < 4.78 is 0. The standard InChI is InChI=1S/C13H19N3O2S/c1-9(2)8-16(6-5-11(14)19)13(18)10-3-4-12(17)15-7-10/h3-4,7,9H,5-6,8H2,1-2H3,(H2,14,19)(H,15,17). The summed E-state index contributed by atoms with van der Waals surface area (Å²) in [5.74, 6) is 0.222. The molecule has 1 aromatic rings. The molecule has 0 aromatic carbocycles. The first-order valence-electron chi connectivity index (χ1n) is 6.16. The molecule has 0 saturated carbocycles. The molecule has 0 aliphatic heterocycles. The summed E-state index contributed by atoms with van der Waals surface area (Å²) >= 11 is 4.84. The van der Waals surface area contributed by atoms with E-state index < -0.39 is 0 Å². The fraction of sp³-hybridized carbons (Fsp3) is 0.462. The second kappa shape index (κ2) is 7.04. The number of aromatic amines is 1. The van der Waals surface area contributed by atoms with Crippen molar-refractivity contribution in [3.8, 4) is 0 Å². The number of carbonyl (C=O) groups is 1. The molecular weight excluding hydrogens is 262 g/mol. The van der Waals surface area contributed by atoms with Crippen LogP contribution in [0, 0.1) is 5.92 Å². The van der Waals surface area contributed by atoms with Crippen LogP contribution in [-0.2, 0) is 0 Å². The molecule has 1 heterocycles. The van der Waals surface area contributed by atoms with E-state index in [0.717, 1.165) is 0 Å². The average Bonchev–Trinajstić information content (AvgIpc) is 2.34. The molecular formula is C13H19N3O2S. The van der Waals surface area contributed by atoms with Crippen LogP contribution in [0.3, 0.4) is 0 Å². The van der Waals surface area contributed by atoms with Gasteiger partial charge in [-0.05, 0) is 12.0 Å². The normalized spacial score (nSPS) is 10.5. The molecule has 104 valence electrons. The van der Waals surface area contributed by atoms with E-state index in [1.54, 1.807) is 4.90 Å². The van der Waals surface area contributed by atoms with Gasteiger partial charge < -0.3 is 15.6 Å². The predicted octanol–water partition coefficient (Wildman–Crippen LogP) is 1.15. The molecule has 19 heavy (non-hydrogen) atoms. The van der Waals surface area contributed by atoms with Crippen LogP contribution in [0.15, 0.2) is 23.1 Å². The van der Waals surface area contributed by atoms with E-state index in [1.807, 2.05) is 13.8 Å². The van der Waals surface area contributed by atoms with E-state index in [1.165, 1.54) is 18.3 Å². The molecule has 1 rings (SSSR count). The Morgan fingerprint density at radius 3 is 2.63 bits per heavy atom. The van der Waals surface area contributed by atoms with E-state index in [0.29, 0.717) is 36.0 Å². The first-order chi connectivity index (χ1) is 8.90. The molecule has 3 N–H and O–H groups in total. The minimum atomic E-state index is -0.227. The van der Waals surface area contributed by atoms with Gasteiger partial charge in [0.25, 0.3) is 5.91 Å². The zero-order valence-corrected chi connectivity index (χ0v) is 12.0. The van der Waals surface area contributed by atoms with Gasteiger partial charge in [0.2, 0.25) is 5.56 Å². The van der Waals surface area contributed by atoms with Crippen molar-refractivity contribution < 1.29 is 4.79 Å². The Hall–Kier alpha value is -1.69. The summed E-state index contributed by atoms with van der Waals surface area (Å²) in [7, 11) is 0. The number of nitrogens with two attached hydrogens (primary N) is 1. The first-order valence-corrected chi connectivity index (χ1v) is 6.57. The van der Waals surface area contributed by atoms with Crippen molar-refractivity contribution in [1.29, 1.82) is 0 Å². The van der Waals surface area contributed by atoms with Gasteiger partial charge in [0.05, 0.1) is 10.6 Å². The maximum atomic E-state index is 12.3. The number of rotatable bonds is 6. The van der Waals surface area contributed by atoms with Crippen LogP contribution in [-0.4, -0.2) is 33.9 Å². The highest BCUT2D eigenvalue weighted by Gasteiger charge is 2.17. The van der Waals surface area contributed by atoms with E-state index in [-0.39, 0.29) is 11.5 Å². The third-order valence-corrected chi connectivity index (χ3v) is 2.74. The molecule has 6 heteroatoms. The molecule has 0 bridgehead atoms. The van der Waals surface area contributed by atoms with E-state index >= 15 is 0 Å². The van der Waals surface area contributed by atoms with Crippen LogP contribution in [0.2, 0.25) is 0 Å². The highest BCUT2D eigenvalue weighted by Crippen LogP contribution is 2.07. The Kier molecular flexibility index (Phi) is 5.69. The SMILES string of the molecule is CC(C)CN(CCC(N)=S)C(=O)c1ccc(=O)[nH]c1. The van der Waals surface area contributed by atoms with Crippen LogP contribution in [0.25, 0.3) is 0 Å². The van der Waals surface area contributed by atoms with Gasteiger partial charge in [-0.15, -0.1) is 0 Å². The van der Waals surface area contributed by atoms with Gasteiger partial charge in [0, 0.05) is 31.8 Å². The summed E-state index contributed by atoms with van der Waals surface area (Å²) in [5.41, 5.74) is 5.71. The van der Waals surface area contributed by atoms with E-state index in [4.69, 9.17) is 18.0 Å². The molecule has 0 atom stereocenters. The van der Waals surface area contributed by atoms with Gasteiger partial charge in [0.1, 0.15) is 0 Å². The second-order valence-electron chi connectivity index (χ2n) is 4.80. The Bertz CT molecular complexity index is 490. The predicted molar refractivity (Wildman–Crippen MR) is 79.2 cm³/mol. The number of H-pyrrole nitrogens is 1. The van der Waals surface area contributed by atoms with Gasteiger partial charge in [-0.25, -0.2) is 0 Å². The number of carbonyl (C=O) groups excluding carboxylic acids is 1. The molecule has 1 aromatic heterocycles. The maximum Gasteiger partial charge on any atom is 0.255 e. The number of nitrogens with zero attached hydrogens (tertiary/aromatic N) is 1. The number of thiocarbonyl (C=S) groups is 1. The third kappa shape index (κ3) is 5.21. The zero-order chi connectivity index (χ0) is 14.4. The number of hydrogen-bond donors (Lipinski definition) is 2. The fourth-order valence-electron chi connectivity index (χ4n) is 1.69.